The highest BCUT2D eigenvalue weighted by molar-refractivity contribution is 7.99. The average Bonchev–Trinajstić information content (AvgIpc) is 2.25. The van der Waals surface area contributed by atoms with Crippen LogP contribution in [0.25, 0.3) is 0 Å². The molecule has 0 aliphatic rings. The second-order valence-electron chi connectivity index (χ2n) is 2.76. The lowest BCUT2D eigenvalue weighted by Gasteiger charge is -2.02. The van der Waals surface area contributed by atoms with Crippen molar-refractivity contribution in [2.45, 2.75) is 18.5 Å². The van der Waals surface area contributed by atoms with E-state index in [0.29, 0.717) is 23.0 Å². The minimum Gasteiger partial charge on any atom is -0.300 e. The summed E-state index contributed by atoms with van der Waals surface area (Å²) in [7, 11) is 0. The smallest absolute Gasteiger partial charge is 0.269 e. The molecule has 0 saturated heterocycles. The molecule has 1 N–H and O–H groups in total. The SMILES string of the molecule is C=CCSc1nc(CC)c(C#N)c(=O)[nH]1. The number of nitrogens with zero attached hydrogens (tertiary/aromatic N) is 2. The number of rotatable bonds is 4. The molecule has 5 heteroatoms. The summed E-state index contributed by atoms with van der Waals surface area (Å²) in [6.45, 7) is 5.45. The zero-order chi connectivity index (χ0) is 11.3. The van der Waals surface area contributed by atoms with Gasteiger partial charge in [-0.3, -0.25) is 4.79 Å². The Kier molecular flexibility index (Phi) is 4.13. The van der Waals surface area contributed by atoms with Crippen molar-refractivity contribution in [3.05, 3.63) is 34.3 Å². The fraction of sp³-hybridized carbons (Fsp3) is 0.300. The van der Waals surface area contributed by atoms with Gasteiger partial charge in [0.05, 0.1) is 5.69 Å². The predicted octanol–water partition coefficient (Wildman–Crippen LogP) is 1.48. The van der Waals surface area contributed by atoms with E-state index in [2.05, 4.69) is 16.5 Å². The van der Waals surface area contributed by atoms with E-state index in [1.54, 1.807) is 6.08 Å². The lowest BCUT2D eigenvalue weighted by Crippen LogP contribution is -2.16. The zero-order valence-corrected chi connectivity index (χ0v) is 9.23. The quantitative estimate of drug-likeness (QED) is 0.475. The van der Waals surface area contributed by atoms with Gasteiger partial charge in [-0.25, -0.2) is 4.98 Å². The van der Waals surface area contributed by atoms with Crippen molar-refractivity contribution in [1.29, 1.82) is 5.26 Å². The molecule has 0 amide bonds. The van der Waals surface area contributed by atoms with Crippen molar-refractivity contribution in [3.63, 3.8) is 0 Å². The third-order valence-electron chi connectivity index (χ3n) is 1.76. The van der Waals surface area contributed by atoms with Crippen LogP contribution in [0, 0.1) is 11.3 Å². The molecule has 0 aliphatic carbocycles. The highest BCUT2D eigenvalue weighted by Gasteiger charge is 2.08. The molecule has 0 bridgehead atoms. The molecule has 1 heterocycles. The Labute approximate surface area is 92.0 Å². The Bertz CT molecular complexity index is 459. The number of hydrogen-bond acceptors (Lipinski definition) is 4. The number of aromatic nitrogens is 2. The molecule has 0 spiro atoms. The van der Waals surface area contributed by atoms with Gasteiger partial charge in [-0.2, -0.15) is 5.26 Å². The number of aromatic amines is 1. The maximum absolute atomic E-state index is 11.5. The fourth-order valence-corrected chi connectivity index (χ4v) is 1.69. The summed E-state index contributed by atoms with van der Waals surface area (Å²) in [4.78, 5) is 18.2. The van der Waals surface area contributed by atoms with E-state index in [9.17, 15) is 4.79 Å². The van der Waals surface area contributed by atoms with Gasteiger partial charge in [-0.05, 0) is 6.42 Å². The molecule has 0 radical (unpaired) electrons. The first-order valence-corrected chi connectivity index (χ1v) is 5.48. The van der Waals surface area contributed by atoms with E-state index in [4.69, 9.17) is 5.26 Å². The highest BCUT2D eigenvalue weighted by Crippen LogP contribution is 2.12. The molecular weight excluding hydrogens is 210 g/mol. The topological polar surface area (TPSA) is 69.5 Å². The highest BCUT2D eigenvalue weighted by atomic mass is 32.2. The number of hydrogen-bond donors (Lipinski definition) is 1. The van der Waals surface area contributed by atoms with Crippen molar-refractivity contribution >= 4 is 11.8 Å². The number of nitriles is 1. The number of H-pyrrole nitrogens is 1. The van der Waals surface area contributed by atoms with Crippen molar-refractivity contribution in [3.8, 4) is 6.07 Å². The normalized spacial score (nSPS) is 9.60. The molecule has 15 heavy (non-hydrogen) atoms. The zero-order valence-electron chi connectivity index (χ0n) is 8.41. The fourth-order valence-electron chi connectivity index (χ4n) is 1.07. The molecule has 0 saturated carbocycles. The maximum Gasteiger partial charge on any atom is 0.269 e. The summed E-state index contributed by atoms with van der Waals surface area (Å²) in [5.74, 6) is 0.679. The third-order valence-corrected chi connectivity index (χ3v) is 2.63. The van der Waals surface area contributed by atoms with Crippen LogP contribution in [-0.4, -0.2) is 15.7 Å². The van der Waals surface area contributed by atoms with E-state index in [1.807, 2.05) is 13.0 Å². The third kappa shape index (κ3) is 2.70. The molecule has 0 fully saturated rings. The molecule has 0 atom stereocenters. The largest absolute Gasteiger partial charge is 0.300 e. The van der Waals surface area contributed by atoms with E-state index >= 15 is 0 Å². The Morgan fingerprint density at radius 1 is 1.73 bits per heavy atom. The predicted molar refractivity (Wildman–Crippen MR) is 59.9 cm³/mol. The minimum absolute atomic E-state index is 0.112. The Hall–Kier alpha value is -1.54. The molecule has 0 unspecified atom stereocenters. The van der Waals surface area contributed by atoms with Crippen molar-refractivity contribution < 1.29 is 0 Å². The molecular formula is C10H11N3OS. The number of thioether (sulfide) groups is 1. The van der Waals surface area contributed by atoms with Gasteiger partial charge in [0.15, 0.2) is 5.16 Å². The average molecular weight is 221 g/mol. The summed E-state index contributed by atoms with van der Waals surface area (Å²) in [6, 6.07) is 1.86. The molecule has 1 aromatic heterocycles. The molecule has 0 aromatic carbocycles. The van der Waals surface area contributed by atoms with Crippen molar-refractivity contribution in [1.82, 2.24) is 9.97 Å². The molecule has 0 aliphatic heterocycles. The molecule has 4 nitrogen and oxygen atoms in total. The Morgan fingerprint density at radius 3 is 3.00 bits per heavy atom. The summed E-state index contributed by atoms with van der Waals surface area (Å²) in [6.07, 6.45) is 2.31. The summed E-state index contributed by atoms with van der Waals surface area (Å²) < 4.78 is 0. The van der Waals surface area contributed by atoms with Gasteiger partial charge in [0.25, 0.3) is 5.56 Å². The lowest BCUT2D eigenvalue weighted by molar-refractivity contribution is 0.860. The standard InChI is InChI=1S/C10H11N3OS/c1-3-5-15-10-12-8(4-2)7(6-11)9(14)13-10/h3H,1,4-5H2,2H3,(H,12,13,14). The van der Waals surface area contributed by atoms with Crippen LogP contribution in [0.3, 0.4) is 0 Å². The second kappa shape index (κ2) is 5.37. The second-order valence-corrected chi connectivity index (χ2v) is 3.77. The van der Waals surface area contributed by atoms with Crippen LogP contribution in [-0.2, 0) is 6.42 Å². The lowest BCUT2D eigenvalue weighted by atomic mass is 10.2. The van der Waals surface area contributed by atoms with Gasteiger partial charge in [-0.15, -0.1) is 6.58 Å². The van der Waals surface area contributed by atoms with Crippen LogP contribution in [0.2, 0.25) is 0 Å². The van der Waals surface area contributed by atoms with Crippen molar-refractivity contribution in [2.24, 2.45) is 0 Å². The molecule has 78 valence electrons. The van der Waals surface area contributed by atoms with Crippen LogP contribution < -0.4 is 5.56 Å². The number of aryl methyl sites for hydroxylation is 1. The van der Waals surface area contributed by atoms with Gasteiger partial charge in [-0.1, -0.05) is 24.8 Å². The molecule has 1 rings (SSSR count). The van der Waals surface area contributed by atoms with E-state index in [0.717, 1.165) is 0 Å². The Balaban J connectivity index is 3.15. The van der Waals surface area contributed by atoms with E-state index in [-0.39, 0.29) is 11.1 Å². The first-order chi connectivity index (χ1) is 7.22. The van der Waals surface area contributed by atoms with Crippen molar-refractivity contribution in [2.75, 3.05) is 5.75 Å². The van der Waals surface area contributed by atoms with Crippen LogP contribution in [0.5, 0.6) is 0 Å². The minimum atomic E-state index is -0.365. The van der Waals surface area contributed by atoms with Crippen LogP contribution in [0.15, 0.2) is 22.6 Å². The molecule has 1 aromatic rings. The van der Waals surface area contributed by atoms with Gasteiger partial charge >= 0.3 is 0 Å². The van der Waals surface area contributed by atoms with Crippen LogP contribution in [0.4, 0.5) is 0 Å². The monoisotopic (exact) mass is 221 g/mol. The van der Waals surface area contributed by atoms with Crippen LogP contribution in [0.1, 0.15) is 18.2 Å². The summed E-state index contributed by atoms with van der Waals surface area (Å²) >= 11 is 1.39. The van der Waals surface area contributed by atoms with Crippen LogP contribution >= 0.6 is 11.8 Å². The first-order valence-electron chi connectivity index (χ1n) is 4.49. The summed E-state index contributed by atoms with van der Waals surface area (Å²) in [5, 5.41) is 9.30. The van der Waals surface area contributed by atoms with E-state index in [1.165, 1.54) is 11.8 Å². The van der Waals surface area contributed by atoms with Gasteiger partial charge < -0.3 is 4.98 Å². The first kappa shape index (κ1) is 11.5. The van der Waals surface area contributed by atoms with Gasteiger partial charge in [0.1, 0.15) is 11.6 Å². The summed E-state index contributed by atoms with van der Waals surface area (Å²) in [5.41, 5.74) is 0.296. The van der Waals surface area contributed by atoms with Gasteiger partial charge in [0.2, 0.25) is 0 Å². The Morgan fingerprint density at radius 2 is 2.47 bits per heavy atom. The number of nitrogens with one attached hydrogen (secondary N) is 1. The van der Waals surface area contributed by atoms with E-state index < -0.39 is 0 Å². The maximum atomic E-state index is 11.5. The van der Waals surface area contributed by atoms with Gasteiger partial charge in [0, 0.05) is 5.75 Å².